The van der Waals surface area contributed by atoms with Crippen molar-refractivity contribution < 1.29 is 18.0 Å². The largest absolute Gasteiger partial charge is 0.357 e. The van der Waals surface area contributed by atoms with E-state index >= 15 is 0 Å². The Kier molecular flexibility index (Phi) is 9.50. The van der Waals surface area contributed by atoms with E-state index in [2.05, 4.69) is 21.2 Å². The summed E-state index contributed by atoms with van der Waals surface area (Å²) in [6.07, 6.45) is 0.584. The maximum absolute atomic E-state index is 13.9. The van der Waals surface area contributed by atoms with Crippen LogP contribution in [0.15, 0.2) is 82.2 Å². The Labute approximate surface area is 227 Å². The maximum Gasteiger partial charge on any atom is 0.264 e. The Bertz CT molecular complexity index is 1360. The van der Waals surface area contributed by atoms with E-state index < -0.39 is 28.5 Å². The molecule has 0 saturated carbocycles. The molecule has 0 aromatic heterocycles. The van der Waals surface area contributed by atoms with Gasteiger partial charge >= 0.3 is 0 Å². The fourth-order valence-electron chi connectivity index (χ4n) is 4.03. The number of hydrogen-bond acceptors (Lipinski definition) is 4. The highest BCUT2D eigenvalue weighted by Gasteiger charge is 2.33. The second kappa shape index (κ2) is 12.4. The van der Waals surface area contributed by atoms with E-state index in [4.69, 9.17) is 0 Å². The van der Waals surface area contributed by atoms with Crippen LogP contribution in [0.2, 0.25) is 0 Å². The predicted octanol–water partition coefficient (Wildman–Crippen LogP) is 4.68. The summed E-state index contributed by atoms with van der Waals surface area (Å²) in [6, 6.07) is 20.3. The lowest BCUT2D eigenvalue weighted by molar-refractivity contribution is -0.139. The summed E-state index contributed by atoms with van der Waals surface area (Å²) in [6.45, 7) is 5.13. The van der Waals surface area contributed by atoms with Crippen molar-refractivity contribution >= 4 is 43.5 Å². The van der Waals surface area contributed by atoms with Crippen molar-refractivity contribution in [3.05, 3.63) is 94.0 Å². The molecule has 2 amide bonds. The molecule has 0 spiro atoms. The Hall–Kier alpha value is -3.17. The van der Waals surface area contributed by atoms with Gasteiger partial charge < -0.3 is 10.2 Å². The molecule has 3 aromatic rings. The van der Waals surface area contributed by atoms with Crippen molar-refractivity contribution in [1.82, 2.24) is 10.2 Å². The molecule has 0 aliphatic carbocycles. The first-order chi connectivity index (χ1) is 17.6. The highest BCUT2D eigenvalue weighted by molar-refractivity contribution is 9.10. The van der Waals surface area contributed by atoms with Crippen molar-refractivity contribution in [1.29, 1.82) is 0 Å². The van der Waals surface area contributed by atoms with Crippen LogP contribution in [0.1, 0.15) is 30.5 Å². The Morgan fingerprint density at radius 1 is 1.00 bits per heavy atom. The van der Waals surface area contributed by atoms with Crippen molar-refractivity contribution in [2.24, 2.45) is 0 Å². The van der Waals surface area contributed by atoms with Gasteiger partial charge in [-0.3, -0.25) is 13.9 Å². The molecule has 0 radical (unpaired) electrons. The average Bonchev–Trinajstić information content (AvgIpc) is 2.89. The fraction of sp³-hybridized carbons (Fsp3) is 0.286. The van der Waals surface area contributed by atoms with Crippen LogP contribution >= 0.6 is 15.9 Å². The van der Waals surface area contributed by atoms with Crippen LogP contribution in [0.25, 0.3) is 0 Å². The number of nitrogens with one attached hydrogen (secondary N) is 1. The number of sulfonamides is 1. The Balaban J connectivity index is 2.07. The van der Waals surface area contributed by atoms with Crippen molar-refractivity contribution in [3.8, 4) is 0 Å². The molecule has 0 bridgehead atoms. The average molecular weight is 587 g/mol. The van der Waals surface area contributed by atoms with Crippen LogP contribution in [-0.2, 0) is 32.6 Å². The predicted molar refractivity (Wildman–Crippen MR) is 150 cm³/mol. The van der Waals surface area contributed by atoms with E-state index in [1.54, 1.807) is 43.3 Å². The molecular formula is C28H32BrN3O4S. The van der Waals surface area contributed by atoms with E-state index in [1.807, 2.05) is 50.2 Å². The van der Waals surface area contributed by atoms with Gasteiger partial charge in [-0.25, -0.2) is 8.42 Å². The van der Waals surface area contributed by atoms with Gasteiger partial charge in [0.15, 0.2) is 0 Å². The molecule has 0 heterocycles. The number of benzene rings is 3. The van der Waals surface area contributed by atoms with E-state index in [-0.39, 0.29) is 17.3 Å². The monoisotopic (exact) mass is 585 g/mol. The number of para-hydroxylation sites is 1. The quantitative estimate of drug-likeness (QED) is 0.374. The lowest BCUT2D eigenvalue weighted by Crippen LogP contribution is -2.50. The third-order valence-corrected chi connectivity index (χ3v) is 8.45. The summed E-state index contributed by atoms with van der Waals surface area (Å²) in [5.74, 6) is -0.831. The minimum Gasteiger partial charge on any atom is -0.357 e. The van der Waals surface area contributed by atoms with E-state index in [1.165, 1.54) is 11.9 Å². The molecule has 1 unspecified atom stereocenters. The molecule has 1 atom stereocenters. The zero-order valence-electron chi connectivity index (χ0n) is 21.4. The molecule has 37 heavy (non-hydrogen) atoms. The number of anilines is 1. The molecule has 196 valence electrons. The highest BCUT2D eigenvalue weighted by atomic mass is 79.9. The SMILES string of the molecule is CCc1ccccc1N(CC(=O)N(Cc1cccc(Br)c1)C(C)C(=O)NC)S(=O)(=O)c1ccc(C)cc1. The lowest BCUT2D eigenvalue weighted by Gasteiger charge is -2.32. The Morgan fingerprint density at radius 2 is 1.68 bits per heavy atom. The van der Waals surface area contributed by atoms with Crippen LogP contribution in [0, 0.1) is 6.92 Å². The summed E-state index contributed by atoms with van der Waals surface area (Å²) in [5.41, 5.74) is 2.97. The molecule has 0 aliphatic rings. The first kappa shape index (κ1) is 28.4. The van der Waals surface area contributed by atoms with Gasteiger partial charge in [-0.1, -0.05) is 70.9 Å². The number of amides is 2. The van der Waals surface area contributed by atoms with Crippen molar-refractivity contribution in [2.75, 3.05) is 17.9 Å². The molecule has 0 aliphatic heterocycles. The molecule has 1 N–H and O–H groups in total. The number of hydrogen-bond donors (Lipinski definition) is 1. The van der Waals surface area contributed by atoms with Crippen LogP contribution in [0.3, 0.4) is 0 Å². The molecular weight excluding hydrogens is 554 g/mol. The van der Waals surface area contributed by atoms with E-state index in [0.717, 1.165) is 25.5 Å². The van der Waals surface area contributed by atoms with Gasteiger partial charge in [-0.05, 0) is 61.7 Å². The summed E-state index contributed by atoms with van der Waals surface area (Å²) in [5, 5.41) is 2.59. The van der Waals surface area contributed by atoms with Gasteiger partial charge in [0.25, 0.3) is 10.0 Å². The van der Waals surface area contributed by atoms with Gasteiger partial charge in [0, 0.05) is 18.1 Å². The van der Waals surface area contributed by atoms with Gasteiger partial charge in [-0.15, -0.1) is 0 Å². The minimum atomic E-state index is -4.09. The zero-order valence-corrected chi connectivity index (χ0v) is 23.8. The van der Waals surface area contributed by atoms with Crippen LogP contribution in [0.4, 0.5) is 5.69 Å². The summed E-state index contributed by atoms with van der Waals surface area (Å²) < 4.78 is 29.8. The van der Waals surface area contributed by atoms with Crippen LogP contribution < -0.4 is 9.62 Å². The third kappa shape index (κ3) is 6.78. The number of carbonyl (C=O) groups excluding carboxylic acids is 2. The topological polar surface area (TPSA) is 86.8 Å². The lowest BCUT2D eigenvalue weighted by atomic mass is 10.1. The van der Waals surface area contributed by atoms with E-state index in [9.17, 15) is 18.0 Å². The standard InChI is InChI=1S/C28H32BrN3O4S/c1-5-23-10-6-7-12-26(23)32(37(35,36)25-15-13-20(2)14-16-25)19-27(33)31(21(3)28(34)30-4)18-22-9-8-11-24(29)17-22/h6-17,21H,5,18-19H2,1-4H3,(H,30,34). The number of likely N-dealkylation sites (N-methyl/N-ethyl adjacent to an activating group) is 1. The molecule has 0 fully saturated rings. The normalized spacial score (nSPS) is 12.0. The van der Waals surface area contributed by atoms with Gasteiger partial charge in [-0.2, -0.15) is 0 Å². The molecule has 3 aromatic carbocycles. The smallest absolute Gasteiger partial charge is 0.264 e. The first-order valence-corrected chi connectivity index (χ1v) is 14.2. The first-order valence-electron chi connectivity index (χ1n) is 12.0. The molecule has 0 saturated heterocycles. The number of nitrogens with zero attached hydrogens (tertiary/aromatic N) is 2. The number of halogens is 1. The van der Waals surface area contributed by atoms with Crippen LogP contribution in [-0.4, -0.2) is 44.8 Å². The van der Waals surface area contributed by atoms with Crippen LogP contribution in [0.5, 0.6) is 0 Å². The summed E-state index contributed by atoms with van der Waals surface area (Å²) >= 11 is 3.44. The zero-order chi connectivity index (χ0) is 27.2. The molecule has 7 nitrogen and oxygen atoms in total. The van der Waals surface area contributed by atoms with Gasteiger partial charge in [0.1, 0.15) is 12.6 Å². The number of aryl methyl sites for hydroxylation is 2. The molecule has 9 heteroatoms. The van der Waals surface area contributed by atoms with E-state index in [0.29, 0.717) is 12.1 Å². The van der Waals surface area contributed by atoms with Crippen molar-refractivity contribution in [2.45, 2.75) is 44.7 Å². The van der Waals surface area contributed by atoms with Gasteiger partial charge in [0.05, 0.1) is 10.6 Å². The Morgan fingerprint density at radius 3 is 2.30 bits per heavy atom. The molecule has 3 rings (SSSR count). The summed E-state index contributed by atoms with van der Waals surface area (Å²) in [4.78, 5) is 27.9. The minimum absolute atomic E-state index is 0.0923. The fourth-order valence-corrected chi connectivity index (χ4v) is 5.93. The second-order valence-corrected chi connectivity index (χ2v) is 11.5. The summed E-state index contributed by atoms with van der Waals surface area (Å²) in [7, 11) is -2.58. The number of carbonyl (C=O) groups is 2. The maximum atomic E-state index is 13.9. The van der Waals surface area contributed by atoms with Gasteiger partial charge in [0.2, 0.25) is 11.8 Å². The number of rotatable bonds is 10. The second-order valence-electron chi connectivity index (χ2n) is 8.75. The third-order valence-electron chi connectivity index (χ3n) is 6.18. The van der Waals surface area contributed by atoms with Crippen molar-refractivity contribution in [3.63, 3.8) is 0 Å². The highest BCUT2D eigenvalue weighted by Crippen LogP contribution is 2.28.